The molecule has 0 saturated carbocycles. The molecule has 0 fully saturated rings. The molecule has 2 aromatic rings. The molecule has 22 heavy (non-hydrogen) atoms. The summed E-state index contributed by atoms with van der Waals surface area (Å²) >= 11 is 0. The van der Waals surface area contributed by atoms with Crippen LogP contribution in [0.3, 0.4) is 0 Å². The van der Waals surface area contributed by atoms with Crippen LogP contribution >= 0.6 is 0 Å². The van der Waals surface area contributed by atoms with Gasteiger partial charge >= 0.3 is 0 Å². The largest absolute Gasteiger partial charge is 0.486 e. The van der Waals surface area contributed by atoms with Crippen LogP contribution in [0.4, 0.5) is 0 Å². The summed E-state index contributed by atoms with van der Waals surface area (Å²) in [6.45, 7) is 5.10. The van der Waals surface area contributed by atoms with Gasteiger partial charge in [0.25, 0.3) is 5.91 Å². The molecule has 0 saturated heterocycles. The maximum atomic E-state index is 12.4. The lowest BCUT2D eigenvalue weighted by atomic mass is 10.2. The summed E-state index contributed by atoms with van der Waals surface area (Å²) in [7, 11) is 0. The van der Waals surface area contributed by atoms with Crippen molar-refractivity contribution >= 4 is 5.91 Å². The quantitative estimate of drug-likeness (QED) is 0.867. The van der Waals surface area contributed by atoms with Crippen molar-refractivity contribution in [2.45, 2.75) is 20.0 Å². The fourth-order valence-electron chi connectivity index (χ4n) is 2.38. The topological polar surface area (TPSA) is 64.8 Å². The number of aryl methyl sites for hydroxylation is 1. The summed E-state index contributed by atoms with van der Waals surface area (Å²) in [5.74, 6) is 1.90. The van der Waals surface area contributed by atoms with Gasteiger partial charge in [-0.1, -0.05) is 17.3 Å². The second-order valence-electron chi connectivity index (χ2n) is 5.16. The number of benzene rings is 1. The van der Waals surface area contributed by atoms with Crippen molar-refractivity contribution in [2.24, 2.45) is 0 Å². The van der Waals surface area contributed by atoms with Gasteiger partial charge in [0.1, 0.15) is 12.4 Å². The molecule has 0 spiro atoms. The number of para-hydroxylation sites is 2. The Bertz CT molecular complexity index is 668. The Hall–Kier alpha value is -2.50. The maximum absolute atomic E-state index is 12.4. The summed E-state index contributed by atoms with van der Waals surface area (Å²) in [4.78, 5) is 14.1. The van der Waals surface area contributed by atoms with E-state index in [0.29, 0.717) is 36.9 Å². The van der Waals surface area contributed by atoms with Gasteiger partial charge in [-0.2, -0.15) is 0 Å². The van der Waals surface area contributed by atoms with E-state index < -0.39 is 0 Å². The van der Waals surface area contributed by atoms with E-state index in [-0.39, 0.29) is 12.0 Å². The van der Waals surface area contributed by atoms with Crippen molar-refractivity contribution in [1.82, 2.24) is 10.1 Å². The molecule has 2 heterocycles. The van der Waals surface area contributed by atoms with E-state index in [1.807, 2.05) is 31.2 Å². The molecule has 0 N–H and O–H groups in total. The molecule has 0 aliphatic carbocycles. The number of amides is 1. The highest BCUT2D eigenvalue weighted by Crippen LogP contribution is 2.31. The average Bonchev–Trinajstić information content (AvgIpc) is 2.98. The summed E-state index contributed by atoms with van der Waals surface area (Å²) in [5, 5.41) is 3.78. The molecule has 1 aromatic carbocycles. The van der Waals surface area contributed by atoms with Gasteiger partial charge in [0.05, 0.1) is 6.54 Å². The van der Waals surface area contributed by atoms with Gasteiger partial charge in [0.2, 0.25) is 0 Å². The second-order valence-corrected chi connectivity index (χ2v) is 5.16. The fourth-order valence-corrected chi connectivity index (χ4v) is 2.38. The molecule has 116 valence electrons. The number of hydrogen-bond donors (Lipinski definition) is 0. The van der Waals surface area contributed by atoms with Crippen LogP contribution in [0.15, 0.2) is 34.9 Å². The van der Waals surface area contributed by atoms with Crippen LogP contribution in [-0.4, -0.2) is 41.8 Å². The molecular weight excluding hydrogens is 284 g/mol. The van der Waals surface area contributed by atoms with Crippen molar-refractivity contribution in [2.75, 3.05) is 19.7 Å². The van der Waals surface area contributed by atoms with Crippen molar-refractivity contribution < 1.29 is 18.8 Å². The van der Waals surface area contributed by atoms with Gasteiger partial charge in [-0.3, -0.25) is 4.79 Å². The number of nitrogens with zero attached hydrogens (tertiary/aromatic N) is 2. The lowest BCUT2D eigenvalue weighted by Gasteiger charge is -2.30. The number of hydrogen-bond acceptors (Lipinski definition) is 5. The first-order chi connectivity index (χ1) is 10.7. The molecule has 1 atom stereocenters. The Labute approximate surface area is 128 Å². The molecule has 3 rings (SSSR count). The van der Waals surface area contributed by atoms with E-state index in [1.165, 1.54) is 0 Å². The zero-order valence-corrected chi connectivity index (χ0v) is 12.6. The predicted molar refractivity (Wildman–Crippen MR) is 79.2 cm³/mol. The molecule has 1 aliphatic heterocycles. The Morgan fingerprint density at radius 3 is 2.82 bits per heavy atom. The molecule has 1 unspecified atom stereocenters. The average molecular weight is 302 g/mol. The van der Waals surface area contributed by atoms with Crippen LogP contribution in [0, 0.1) is 6.92 Å². The lowest BCUT2D eigenvalue weighted by Crippen LogP contribution is -2.43. The number of carbonyl (C=O) groups is 1. The highest BCUT2D eigenvalue weighted by Gasteiger charge is 2.26. The van der Waals surface area contributed by atoms with Crippen LogP contribution in [0.5, 0.6) is 11.5 Å². The normalized spacial score (nSPS) is 16.4. The van der Waals surface area contributed by atoms with Crippen molar-refractivity contribution in [3.8, 4) is 11.5 Å². The van der Waals surface area contributed by atoms with Crippen LogP contribution in [0.25, 0.3) is 0 Å². The zero-order valence-electron chi connectivity index (χ0n) is 12.6. The van der Waals surface area contributed by atoms with Gasteiger partial charge in [0.15, 0.2) is 23.3 Å². The van der Waals surface area contributed by atoms with E-state index in [9.17, 15) is 4.79 Å². The maximum Gasteiger partial charge on any atom is 0.276 e. The van der Waals surface area contributed by atoms with Gasteiger partial charge in [0, 0.05) is 12.6 Å². The van der Waals surface area contributed by atoms with Gasteiger partial charge in [-0.15, -0.1) is 0 Å². The number of aromatic nitrogens is 1. The van der Waals surface area contributed by atoms with Gasteiger partial charge in [-0.05, 0) is 26.0 Å². The molecule has 0 radical (unpaired) electrons. The third-order valence-corrected chi connectivity index (χ3v) is 3.51. The summed E-state index contributed by atoms with van der Waals surface area (Å²) < 4.78 is 16.5. The number of ether oxygens (including phenoxy) is 2. The molecule has 6 nitrogen and oxygen atoms in total. The summed E-state index contributed by atoms with van der Waals surface area (Å²) in [6, 6.07) is 9.16. The molecule has 6 heteroatoms. The fraction of sp³-hybridized carbons (Fsp3) is 0.375. The molecular formula is C16H18N2O4. The highest BCUT2D eigenvalue weighted by molar-refractivity contribution is 5.92. The van der Waals surface area contributed by atoms with Crippen molar-refractivity contribution in [3.63, 3.8) is 0 Å². The highest BCUT2D eigenvalue weighted by atomic mass is 16.6. The minimum atomic E-state index is -0.202. The molecule has 1 aromatic heterocycles. The van der Waals surface area contributed by atoms with Crippen LogP contribution in [0.2, 0.25) is 0 Å². The third kappa shape index (κ3) is 2.90. The van der Waals surface area contributed by atoms with E-state index in [2.05, 4.69) is 5.16 Å². The van der Waals surface area contributed by atoms with Crippen LogP contribution in [-0.2, 0) is 0 Å². The third-order valence-electron chi connectivity index (χ3n) is 3.51. The first-order valence-corrected chi connectivity index (χ1v) is 7.28. The number of carbonyl (C=O) groups excluding carboxylic acids is 1. The van der Waals surface area contributed by atoms with E-state index in [1.54, 1.807) is 17.9 Å². The van der Waals surface area contributed by atoms with Gasteiger partial charge in [-0.25, -0.2) is 0 Å². The molecule has 0 bridgehead atoms. The van der Waals surface area contributed by atoms with Crippen molar-refractivity contribution in [3.05, 3.63) is 41.8 Å². The minimum absolute atomic E-state index is 0.165. The SMILES string of the molecule is CCN(CC1COc2ccccc2O1)C(=O)c1cc(C)on1. The molecule has 1 aliphatic rings. The summed E-state index contributed by atoms with van der Waals surface area (Å²) in [6.07, 6.45) is -0.202. The standard InChI is InChI=1S/C16H18N2O4/c1-3-18(16(19)13-8-11(2)22-17-13)9-12-10-20-14-6-4-5-7-15(14)21-12/h4-8,12H,3,9-10H2,1-2H3. The number of rotatable bonds is 4. The van der Waals surface area contributed by atoms with Crippen LogP contribution < -0.4 is 9.47 Å². The predicted octanol–water partition coefficient (Wildman–Crippen LogP) is 2.29. The van der Waals surface area contributed by atoms with E-state index in [0.717, 1.165) is 5.75 Å². The Morgan fingerprint density at radius 2 is 2.14 bits per heavy atom. The number of fused-ring (bicyclic) bond motifs is 1. The zero-order chi connectivity index (χ0) is 15.5. The monoisotopic (exact) mass is 302 g/mol. The van der Waals surface area contributed by atoms with E-state index in [4.69, 9.17) is 14.0 Å². The van der Waals surface area contributed by atoms with Gasteiger partial charge < -0.3 is 18.9 Å². The Balaban J connectivity index is 1.68. The summed E-state index contributed by atoms with van der Waals surface area (Å²) in [5.41, 5.74) is 0.316. The van der Waals surface area contributed by atoms with E-state index >= 15 is 0 Å². The number of likely N-dealkylation sites (N-methyl/N-ethyl adjacent to an activating group) is 1. The molecule has 1 amide bonds. The lowest BCUT2D eigenvalue weighted by molar-refractivity contribution is 0.0468. The Morgan fingerprint density at radius 1 is 1.36 bits per heavy atom. The van der Waals surface area contributed by atoms with Crippen LogP contribution in [0.1, 0.15) is 23.2 Å². The van der Waals surface area contributed by atoms with Crippen molar-refractivity contribution in [1.29, 1.82) is 0 Å². The first-order valence-electron chi connectivity index (χ1n) is 7.28. The smallest absolute Gasteiger partial charge is 0.276 e. The first kappa shape index (κ1) is 14.4. The minimum Gasteiger partial charge on any atom is -0.486 e. The second kappa shape index (κ2) is 6.09. The Kier molecular flexibility index (Phi) is 4.00.